The summed E-state index contributed by atoms with van der Waals surface area (Å²) in [5.74, 6) is -1.11. The Morgan fingerprint density at radius 2 is 1.74 bits per heavy atom. The predicted molar refractivity (Wildman–Crippen MR) is 86.7 cm³/mol. The Labute approximate surface area is 135 Å². The van der Waals surface area contributed by atoms with E-state index in [0.717, 1.165) is 5.56 Å². The molecule has 0 spiro atoms. The normalized spacial score (nSPS) is 10.6. The molecule has 0 aliphatic carbocycles. The second kappa shape index (κ2) is 8.12. The van der Waals surface area contributed by atoms with Crippen molar-refractivity contribution < 1.29 is 19.1 Å². The van der Waals surface area contributed by atoms with E-state index in [2.05, 4.69) is 17.2 Å². The van der Waals surface area contributed by atoms with Crippen molar-refractivity contribution >= 4 is 17.8 Å². The van der Waals surface area contributed by atoms with Crippen molar-refractivity contribution in [3.05, 3.63) is 48.0 Å². The first-order valence-corrected chi connectivity index (χ1v) is 7.20. The first-order valence-electron chi connectivity index (χ1n) is 7.20. The van der Waals surface area contributed by atoms with Crippen molar-refractivity contribution in [2.75, 3.05) is 6.54 Å². The van der Waals surface area contributed by atoms with Gasteiger partial charge in [-0.3, -0.25) is 14.4 Å². The van der Waals surface area contributed by atoms with Crippen LogP contribution in [0.5, 0.6) is 0 Å². The summed E-state index contributed by atoms with van der Waals surface area (Å²) in [6.45, 7) is 8.81. The maximum atomic E-state index is 11.9. The Morgan fingerprint density at radius 3 is 2.26 bits per heavy atom. The van der Waals surface area contributed by atoms with Gasteiger partial charge in [-0.15, -0.1) is 0 Å². The van der Waals surface area contributed by atoms with E-state index in [1.807, 2.05) is 0 Å². The van der Waals surface area contributed by atoms with Crippen LogP contribution in [0.2, 0.25) is 0 Å². The molecule has 23 heavy (non-hydrogen) atoms. The fraction of sp³-hybridized carbons (Fsp3) is 0.353. The zero-order chi connectivity index (χ0) is 17.5. The number of benzene rings is 1. The molecule has 0 fully saturated rings. The van der Waals surface area contributed by atoms with Crippen molar-refractivity contribution in [3.63, 3.8) is 0 Å². The lowest BCUT2D eigenvalue weighted by Crippen LogP contribution is -2.34. The lowest BCUT2D eigenvalue weighted by atomic mass is 10.1. The van der Waals surface area contributed by atoms with Crippen LogP contribution in [-0.4, -0.2) is 29.9 Å². The molecule has 2 N–H and O–H groups in total. The Bertz CT molecular complexity index is 586. The Balaban J connectivity index is 2.49. The average molecular weight is 318 g/mol. The molecule has 0 heterocycles. The van der Waals surface area contributed by atoms with Crippen molar-refractivity contribution in [1.82, 2.24) is 10.6 Å². The minimum absolute atomic E-state index is 0.187. The molecular formula is C17H22N2O4. The number of hydrogen-bond acceptors (Lipinski definition) is 4. The molecule has 0 saturated carbocycles. The zero-order valence-electron chi connectivity index (χ0n) is 13.6. The number of nitrogens with one attached hydrogen (secondary N) is 2. The number of esters is 1. The number of carbonyl (C=O) groups excluding carboxylic acids is 3. The van der Waals surface area contributed by atoms with E-state index in [1.54, 1.807) is 45.0 Å². The highest BCUT2D eigenvalue weighted by atomic mass is 16.6. The van der Waals surface area contributed by atoms with Gasteiger partial charge in [-0.05, 0) is 44.5 Å². The quantitative estimate of drug-likeness (QED) is 0.616. The number of rotatable bonds is 6. The third-order valence-corrected chi connectivity index (χ3v) is 2.68. The largest absolute Gasteiger partial charge is 0.459 e. The fourth-order valence-corrected chi connectivity index (χ4v) is 1.67. The molecule has 1 aromatic rings. The third-order valence-electron chi connectivity index (χ3n) is 2.68. The summed E-state index contributed by atoms with van der Waals surface area (Å²) in [5.41, 5.74) is 0.690. The molecule has 0 bridgehead atoms. The summed E-state index contributed by atoms with van der Waals surface area (Å²) in [7, 11) is 0. The lowest BCUT2D eigenvalue weighted by Gasteiger charge is -2.19. The molecule has 0 atom stereocenters. The predicted octanol–water partition coefficient (Wildman–Crippen LogP) is 1.56. The Kier molecular flexibility index (Phi) is 6.50. The summed E-state index contributed by atoms with van der Waals surface area (Å²) in [6, 6.07) is 6.71. The molecule has 1 aromatic carbocycles. The molecule has 1 rings (SSSR count). The molecule has 6 nitrogen and oxygen atoms in total. The van der Waals surface area contributed by atoms with Gasteiger partial charge in [0.15, 0.2) is 0 Å². The van der Waals surface area contributed by atoms with Gasteiger partial charge >= 0.3 is 5.97 Å². The van der Waals surface area contributed by atoms with Crippen LogP contribution in [0.25, 0.3) is 0 Å². The van der Waals surface area contributed by atoms with Gasteiger partial charge in [-0.25, -0.2) is 0 Å². The molecule has 0 radical (unpaired) electrons. The van der Waals surface area contributed by atoms with E-state index in [1.165, 1.54) is 6.08 Å². The van der Waals surface area contributed by atoms with Gasteiger partial charge in [0.1, 0.15) is 12.1 Å². The number of carbonyl (C=O) groups is 3. The molecule has 124 valence electrons. The molecule has 0 aromatic heterocycles. The minimum atomic E-state index is -0.584. The molecule has 6 heteroatoms. The molecule has 2 amide bonds. The van der Waals surface area contributed by atoms with E-state index in [4.69, 9.17) is 4.74 Å². The van der Waals surface area contributed by atoms with E-state index in [0.29, 0.717) is 12.1 Å². The van der Waals surface area contributed by atoms with Crippen LogP contribution in [0.1, 0.15) is 36.7 Å². The monoisotopic (exact) mass is 318 g/mol. The molecule has 0 unspecified atom stereocenters. The van der Waals surface area contributed by atoms with Gasteiger partial charge in [-0.2, -0.15) is 0 Å². The average Bonchev–Trinajstić information content (AvgIpc) is 2.49. The van der Waals surface area contributed by atoms with Gasteiger partial charge in [0.2, 0.25) is 5.91 Å². The van der Waals surface area contributed by atoms with Gasteiger partial charge < -0.3 is 15.4 Å². The lowest BCUT2D eigenvalue weighted by molar-refractivity contribution is -0.153. The van der Waals surface area contributed by atoms with Crippen LogP contribution in [-0.2, 0) is 20.9 Å². The van der Waals surface area contributed by atoms with E-state index in [-0.39, 0.29) is 18.4 Å². The maximum absolute atomic E-state index is 11.9. The highest BCUT2D eigenvalue weighted by Gasteiger charge is 2.17. The fourth-order valence-electron chi connectivity index (χ4n) is 1.67. The van der Waals surface area contributed by atoms with Crippen LogP contribution in [0.15, 0.2) is 36.9 Å². The zero-order valence-corrected chi connectivity index (χ0v) is 13.6. The third kappa shape index (κ3) is 7.26. The van der Waals surface area contributed by atoms with Crippen LogP contribution in [0.3, 0.4) is 0 Å². The Morgan fingerprint density at radius 1 is 1.13 bits per heavy atom. The molecule has 0 aliphatic rings. The standard InChI is InChI=1S/C17H22N2O4/c1-5-14(20)18-10-12-6-8-13(9-7-12)16(22)19-11-15(21)23-17(2,3)4/h5-9H,1,10-11H2,2-4H3,(H,18,20)(H,19,22). The molecule has 0 aliphatic heterocycles. The van der Waals surface area contributed by atoms with Crippen LogP contribution in [0.4, 0.5) is 0 Å². The number of hydrogen-bond donors (Lipinski definition) is 2. The van der Waals surface area contributed by atoms with Crippen molar-refractivity contribution in [1.29, 1.82) is 0 Å². The summed E-state index contributed by atoms with van der Waals surface area (Å²) >= 11 is 0. The summed E-state index contributed by atoms with van der Waals surface area (Å²) in [5, 5.41) is 5.14. The highest BCUT2D eigenvalue weighted by molar-refractivity contribution is 5.96. The van der Waals surface area contributed by atoms with Crippen LogP contribution < -0.4 is 10.6 Å². The molecule has 0 saturated heterocycles. The highest BCUT2D eigenvalue weighted by Crippen LogP contribution is 2.07. The second-order valence-electron chi connectivity index (χ2n) is 5.89. The van der Waals surface area contributed by atoms with E-state index >= 15 is 0 Å². The minimum Gasteiger partial charge on any atom is -0.459 e. The number of ether oxygens (including phenoxy) is 1. The van der Waals surface area contributed by atoms with Gasteiger partial charge in [0.25, 0.3) is 5.91 Å². The summed E-state index contributed by atoms with van der Waals surface area (Å²) in [6.07, 6.45) is 1.19. The van der Waals surface area contributed by atoms with Crippen molar-refractivity contribution in [2.24, 2.45) is 0 Å². The van der Waals surface area contributed by atoms with Gasteiger partial charge in [0, 0.05) is 12.1 Å². The Hall–Kier alpha value is -2.63. The second-order valence-corrected chi connectivity index (χ2v) is 5.89. The van der Waals surface area contributed by atoms with Crippen molar-refractivity contribution in [2.45, 2.75) is 32.9 Å². The topological polar surface area (TPSA) is 84.5 Å². The van der Waals surface area contributed by atoms with Gasteiger partial charge in [0.05, 0.1) is 0 Å². The molecular weight excluding hydrogens is 296 g/mol. The van der Waals surface area contributed by atoms with E-state index < -0.39 is 11.6 Å². The SMILES string of the molecule is C=CC(=O)NCc1ccc(C(=O)NCC(=O)OC(C)(C)C)cc1. The van der Waals surface area contributed by atoms with Gasteiger partial charge in [-0.1, -0.05) is 18.7 Å². The van der Waals surface area contributed by atoms with Crippen LogP contribution in [0, 0.1) is 0 Å². The summed E-state index contributed by atoms with van der Waals surface area (Å²) < 4.78 is 5.11. The number of amides is 2. The smallest absolute Gasteiger partial charge is 0.325 e. The first-order chi connectivity index (χ1) is 10.7. The first kappa shape index (κ1) is 18.4. The van der Waals surface area contributed by atoms with Crippen molar-refractivity contribution in [3.8, 4) is 0 Å². The maximum Gasteiger partial charge on any atom is 0.325 e. The summed E-state index contributed by atoms with van der Waals surface area (Å²) in [4.78, 5) is 34.5. The van der Waals surface area contributed by atoms with Crippen LogP contribution >= 0.6 is 0 Å². The van der Waals surface area contributed by atoms with E-state index in [9.17, 15) is 14.4 Å².